The molecule has 0 saturated carbocycles. The summed E-state index contributed by atoms with van der Waals surface area (Å²) >= 11 is 0. The molecule has 6 nitrogen and oxygen atoms in total. The van der Waals surface area contributed by atoms with Gasteiger partial charge in [0.25, 0.3) is 10.1 Å². The Labute approximate surface area is 154 Å². The molecule has 0 spiro atoms. The summed E-state index contributed by atoms with van der Waals surface area (Å²) in [4.78, 5) is 11.3. The van der Waals surface area contributed by atoms with Crippen LogP contribution in [0.2, 0.25) is 0 Å². The zero-order valence-corrected chi connectivity index (χ0v) is 15.9. The molecule has 0 fully saturated rings. The summed E-state index contributed by atoms with van der Waals surface area (Å²) in [7, 11) is -4.02. The maximum Gasteiger partial charge on any atom is 0.323 e. The van der Waals surface area contributed by atoms with Crippen LogP contribution in [-0.4, -0.2) is 25.0 Å². The SMILES string of the molecule is CC(C)[C@H](N)C(=O)OCc1ccccc1.Cc1ccc(S(=O)(=O)O)cc1. The third kappa shape index (κ3) is 7.77. The maximum absolute atomic E-state index is 11.4. The highest BCUT2D eigenvalue weighted by atomic mass is 32.2. The van der Waals surface area contributed by atoms with Gasteiger partial charge in [-0.25, -0.2) is 0 Å². The van der Waals surface area contributed by atoms with Crippen LogP contribution in [0.15, 0.2) is 59.5 Å². The van der Waals surface area contributed by atoms with Gasteiger partial charge in [0.05, 0.1) is 4.90 Å². The van der Waals surface area contributed by atoms with Crippen molar-refractivity contribution in [3.05, 3.63) is 65.7 Å². The topological polar surface area (TPSA) is 107 Å². The minimum absolute atomic E-state index is 0.0666. The molecule has 0 heterocycles. The van der Waals surface area contributed by atoms with E-state index in [0.29, 0.717) is 6.61 Å². The van der Waals surface area contributed by atoms with Gasteiger partial charge in [0, 0.05) is 0 Å². The first-order chi connectivity index (χ1) is 12.1. The summed E-state index contributed by atoms with van der Waals surface area (Å²) < 4.78 is 34.6. The Bertz CT molecular complexity index is 786. The Morgan fingerprint density at radius 1 is 1.08 bits per heavy atom. The van der Waals surface area contributed by atoms with E-state index >= 15 is 0 Å². The van der Waals surface area contributed by atoms with E-state index in [1.807, 2.05) is 51.1 Å². The number of hydrogen-bond acceptors (Lipinski definition) is 5. The van der Waals surface area contributed by atoms with Gasteiger partial charge in [0.2, 0.25) is 0 Å². The van der Waals surface area contributed by atoms with E-state index < -0.39 is 16.2 Å². The molecule has 26 heavy (non-hydrogen) atoms. The normalized spacial score (nSPS) is 12.1. The fourth-order valence-corrected chi connectivity index (χ4v) is 2.29. The molecule has 0 amide bonds. The molecule has 2 aromatic rings. The number of benzene rings is 2. The average Bonchev–Trinajstić information content (AvgIpc) is 2.60. The van der Waals surface area contributed by atoms with Gasteiger partial charge in [-0.2, -0.15) is 8.42 Å². The van der Waals surface area contributed by atoms with Gasteiger partial charge in [-0.15, -0.1) is 0 Å². The second-order valence-electron chi connectivity index (χ2n) is 6.15. The zero-order chi connectivity index (χ0) is 19.7. The lowest BCUT2D eigenvalue weighted by molar-refractivity contribution is -0.147. The highest BCUT2D eigenvalue weighted by molar-refractivity contribution is 7.85. The zero-order valence-electron chi connectivity index (χ0n) is 15.1. The lowest BCUT2D eigenvalue weighted by Gasteiger charge is -2.14. The van der Waals surface area contributed by atoms with Crippen LogP contribution in [0.25, 0.3) is 0 Å². The van der Waals surface area contributed by atoms with E-state index in [9.17, 15) is 13.2 Å². The molecule has 3 N–H and O–H groups in total. The number of rotatable bonds is 5. The lowest BCUT2D eigenvalue weighted by Crippen LogP contribution is -2.36. The molecule has 0 bridgehead atoms. The fourth-order valence-electron chi connectivity index (χ4n) is 1.81. The molecule has 142 valence electrons. The van der Waals surface area contributed by atoms with E-state index in [-0.39, 0.29) is 16.8 Å². The monoisotopic (exact) mass is 379 g/mol. The van der Waals surface area contributed by atoms with Crippen LogP contribution >= 0.6 is 0 Å². The lowest BCUT2D eigenvalue weighted by atomic mass is 10.1. The maximum atomic E-state index is 11.4. The van der Waals surface area contributed by atoms with Crippen LogP contribution in [-0.2, 0) is 26.3 Å². The minimum Gasteiger partial charge on any atom is -0.460 e. The van der Waals surface area contributed by atoms with Crippen molar-refractivity contribution >= 4 is 16.1 Å². The van der Waals surface area contributed by atoms with E-state index in [1.165, 1.54) is 12.1 Å². The highest BCUT2D eigenvalue weighted by Gasteiger charge is 2.18. The molecule has 0 aliphatic heterocycles. The molecule has 2 rings (SSSR count). The third-order valence-corrected chi connectivity index (χ3v) is 4.40. The van der Waals surface area contributed by atoms with Gasteiger partial charge in [0.1, 0.15) is 12.6 Å². The molecule has 1 atom stereocenters. The quantitative estimate of drug-likeness (QED) is 0.611. The number of hydrogen-bond donors (Lipinski definition) is 2. The van der Waals surface area contributed by atoms with Gasteiger partial charge < -0.3 is 10.5 Å². The molecule has 0 aromatic heterocycles. The Morgan fingerprint density at radius 2 is 1.62 bits per heavy atom. The number of aryl methyl sites for hydroxylation is 1. The van der Waals surface area contributed by atoms with Crippen LogP contribution in [0.3, 0.4) is 0 Å². The predicted octanol–water partition coefficient (Wildman–Crippen LogP) is 2.95. The standard InChI is InChI=1S/C12H17NO2.C7H8O3S/c1-9(2)11(13)12(14)15-8-10-6-4-3-5-7-10;1-6-2-4-7(5-3-6)11(8,9)10/h3-7,9,11H,8,13H2,1-2H3;2-5H,1H3,(H,8,9,10)/t11-;/m0./s1. The molecule has 2 aromatic carbocycles. The summed E-state index contributed by atoms with van der Waals surface area (Å²) in [6, 6.07) is 15.0. The first-order valence-electron chi connectivity index (χ1n) is 8.11. The minimum atomic E-state index is -4.02. The first-order valence-corrected chi connectivity index (χ1v) is 9.55. The number of ether oxygens (including phenoxy) is 1. The summed E-state index contributed by atoms with van der Waals surface area (Å²) in [5, 5.41) is 0. The van der Waals surface area contributed by atoms with Gasteiger partial charge in [-0.05, 0) is 30.5 Å². The molecular weight excluding hydrogens is 354 g/mol. The summed E-state index contributed by atoms with van der Waals surface area (Å²) in [6.45, 7) is 5.93. The van der Waals surface area contributed by atoms with Crippen LogP contribution < -0.4 is 5.73 Å². The molecule has 0 unspecified atom stereocenters. The Kier molecular flexibility index (Phi) is 8.44. The van der Waals surface area contributed by atoms with E-state index in [1.54, 1.807) is 12.1 Å². The van der Waals surface area contributed by atoms with Crippen molar-refractivity contribution in [1.82, 2.24) is 0 Å². The van der Waals surface area contributed by atoms with Crippen LogP contribution in [0.4, 0.5) is 0 Å². The predicted molar refractivity (Wildman–Crippen MR) is 100 cm³/mol. The molecule has 7 heteroatoms. The van der Waals surface area contributed by atoms with Gasteiger partial charge in [0.15, 0.2) is 0 Å². The second kappa shape index (κ2) is 10.1. The number of carbonyl (C=O) groups is 1. The van der Waals surface area contributed by atoms with E-state index in [2.05, 4.69) is 0 Å². The fraction of sp³-hybridized carbons (Fsp3) is 0.316. The summed E-state index contributed by atoms with van der Waals surface area (Å²) in [5.41, 5.74) is 7.58. The Hall–Kier alpha value is -2.22. The van der Waals surface area contributed by atoms with Crippen molar-refractivity contribution in [3.63, 3.8) is 0 Å². The molecule has 0 aliphatic rings. The molecule has 0 saturated heterocycles. The Balaban J connectivity index is 0.000000273. The second-order valence-corrected chi connectivity index (χ2v) is 7.57. The number of carbonyl (C=O) groups excluding carboxylic acids is 1. The van der Waals surface area contributed by atoms with Crippen molar-refractivity contribution < 1.29 is 22.5 Å². The summed E-state index contributed by atoms with van der Waals surface area (Å²) in [5.74, 6) is -0.234. The van der Waals surface area contributed by atoms with Gasteiger partial charge >= 0.3 is 5.97 Å². The number of esters is 1. The van der Waals surface area contributed by atoms with Crippen LogP contribution in [0, 0.1) is 12.8 Å². The summed E-state index contributed by atoms with van der Waals surface area (Å²) in [6.07, 6.45) is 0. The van der Waals surface area contributed by atoms with Gasteiger partial charge in [-0.1, -0.05) is 61.9 Å². The van der Waals surface area contributed by atoms with Crippen molar-refractivity contribution in [3.8, 4) is 0 Å². The van der Waals surface area contributed by atoms with Crippen molar-refractivity contribution in [1.29, 1.82) is 0 Å². The van der Waals surface area contributed by atoms with Crippen LogP contribution in [0.5, 0.6) is 0 Å². The van der Waals surface area contributed by atoms with E-state index in [0.717, 1.165) is 11.1 Å². The molecule has 0 radical (unpaired) electrons. The molecule has 0 aliphatic carbocycles. The average molecular weight is 379 g/mol. The number of nitrogens with two attached hydrogens (primary N) is 1. The van der Waals surface area contributed by atoms with Crippen molar-refractivity contribution in [2.45, 2.75) is 38.3 Å². The molecular formula is C19H25NO5S. The van der Waals surface area contributed by atoms with Crippen molar-refractivity contribution in [2.75, 3.05) is 0 Å². The highest BCUT2D eigenvalue weighted by Crippen LogP contribution is 2.08. The third-order valence-electron chi connectivity index (χ3n) is 3.53. The smallest absolute Gasteiger partial charge is 0.323 e. The largest absolute Gasteiger partial charge is 0.460 e. The van der Waals surface area contributed by atoms with Gasteiger partial charge in [-0.3, -0.25) is 9.35 Å². The van der Waals surface area contributed by atoms with Crippen LogP contribution in [0.1, 0.15) is 25.0 Å². The van der Waals surface area contributed by atoms with E-state index in [4.69, 9.17) is 15.0 Å². The Morgan fingerprint density at radius 3 is 2.08 bits per heavy atom. The van der Waals surface area contributed by atoms with Crippen molar-refractivity contribution in [2.24, 2.45) is 11.7 Å². The first kappa shape index (κ1) is 21.8.